The Bertz CT molecular complexity index is 635. The van der Waals surface area contributed by atoms with Crippen molar-refractivity contribution in [2.24, 2.45) is 11.7 Å². The fourth-order valence-corrected chi connectivity index (χ4v) is 3.32. The Morgan fingerprint density at radius 1 is 1.40 bits per heavy atom. The van der Waals surface area contributed by atoms with Gasteiger partial charge in [0.1, 0.15) is 0 Å². The second-order valence-corrected chi connectivity index (χ2v) is 7.35. The molecule has 0 aromatic heterocycles. The van der Waals surface area contributed by atoms with Crippen molar-refractivity contribution < 1.29 is 9.59 Å². The van der Waals surface area contributed by atoms with Gasteiger partial charge in [-0.2, -0.15) is 0 Å². The molecule has 6 heteroatoms. The molecule has 0 radical (unpaired) electrons. The number of nitrogens with one attached hydrogen (secondary N) is 1. The van der Waals surface area contributed by atoms with Gasteiger partial charge in [-0.3, -0.25) is 9.59 Å². The van der Waals surface area contributed by atoms with Crippen LogP contribution in [0, 0.1) is 5.92 Å². The van der Waals surface area contributed by atoms with Crippen molar-refractivity contribution in [3.63, 3.8) is 0 Å². The van der Waals surface area contributed by atoms with E-state index in [1.54, 1.807) is 18.2 Å². The Kier molecular flexibility index (Phi) is 6.85. The van der Waals surface area contributed by atoms with Crippen molar-refractivity contribution in [3.8, 4) is 0 Å². The molecule has 1 aliphatic rings. The largest absolute Gasteiger partial charge is 0.336 e. The number of benzene rings is 1. The summed E-state index contributed by atoms with van der Waals surface area (Å²) < 4.78 is 0. The molecule has 25 heavy (non-hydrogen) atoms. The van der Waals surface area contributed by atoms with Crippen LogP contribution in [-0.4, -0.2) is 35.3 Å². The lowest BCUT2D eigenvalue weighted by Gasteiger charge is -2.33. The summed E-state index contributed by atoms with van der Waals surface area (Å²) >= 11 is 6.31. The maximum Gasteiger partial charge on any atom is 0.255 e. The fraction of sp³-hybridized carbons (Fsp3) is 0.579. The minimum Gasteiger partial charge on any atom is -0.336 e. The van der Waals surface area contributed by atoms with Crippen LogP contribution in [0.4, 0.5) is 5.69 Å². The Hall–Kier alpha value is -1.59. The van der Waals surface area contributed by atoms with Gasteiger partial charge in [-0.05, 0) is 50.3 Å². The predicted octanol–water partition coefficient (Wildman–Crippen LogP) is 3.67. The van der Waals surface area contributed by atoms with Crippen LogP contribution in [0.5, 0.6) is 0 Å². The highest BCUT2D eigenvalue weighted by Gasteiger charge is 2.26. The SMILES string of the molecule is CCC(C)C(N)C(=O)Nc1ccc(C(=O)N2CCCCC2C)c(Cl)c1. The van der Waals surface area contributed by atoms with Crippen LogP contribution >= 0.6 is 11.6 Å². The Morgan fingerprint density at radius 3 is 2.72 bits per heavy atom. The van der Waals surface area contributed by atoms with Gasteiger partial charge in [-0.25, -0.2) is 0 Å². The number of nitrogens with zero attached hydrogens (tertiary/aromatic N) is 1. The van der Waals surface area contributed by atoms with Gasteiger partial charge < -0.3 is 16.0 Å². The Balaban J connectivity index is 2.10. The third-order valence-corrected chi connectivity index (χ3v) is 5.40. The average Bonchev–Trinajstić information content (AvgIpc) is 2.60. The first-order valence-electron chi connectivity index (χ1n) is 9.02. The van der Waals surface area contributed by atoms with E-state index in [1.807, 2.05) is 18.7 Å². The van der Waals surface area contributed by atoms with Gasteiger partial charge in [0.05, 0.1) is 16.6 Å². The van der Waals surface area contributed by atoms with Crippen LogP contribution in [-0.2, 0) is 4.79 Å². The number of piperidine rings is 1. The van der Waals surface area contributed by atoms with E-state index in [0.29, 0.717) is 16.3 Å². The van der Waals surface area contributed by atoms with Crippen molar-refractivity contribution in [1.29, 1.82) is 0 Å². The quantitative estimate of drug-likeness (QED) is 0.835. The third-order valence-electron chi connectivity index (χ3n) is 5.09. The molecule has 3 atom stereocenters. The molecule has 0 saturated carbocycles. The summed E-state index contributed by atoms with van der Waals surface area (Å²) in [7, 11) is 0. The molecule has 1 saturated heterocycles. The molecule has 5 nitrogen and oxygen atoms in total. The highest BCUT2D eigenvalue weighted by atomic mass is 35.5. The van der Waals surface area contributed by atoms with Crippen LogP contribution in [0.2, 0.25) is 5.02 Å². The zero-order valence-electron chi connectivity index (χ0n) is 15.2. The monoisotopic (exact) mass is 365 g/mol. The zero-order valence-corrected chi connectivity index (χ0v) is 16.0. The fourth-order valence-electron chi connectivity index (χ4n) is 3.06. The highest BCUT2D eigenvalue weighted by molar-refractivity contribution is 6.34. The normalized spacial score (nSPS) is 20.0. The predicted molar refractivity (Wildman–Crippen MR) is 102 cm³/mol. The molecule has 1 aromatic rings. The van der Waals surface area contributed by atoms with Gasteiger partial charge in [0, 0.05) is 18.3 Å². The number of halogens is 1. The minimum atomic E-state index is -0.570. The van der Waals surface area contributed by atoms with Gasteiger partial charge in [-0.1, -0.05) is 31.9 Å². The molecule has 2 rings (SSSR count). The Labute approximate surface area is 154 Å². The third kappa shape index (κ3) is 4.73. The number of hydrogen-bond donors (Lipinski definition) is 2. The summed E-state index contributed by atoms with van der Waals surface area (Å²) in [6.45, 7) is 6.77. The zero-order chi connectivity index (χ0) is 18.6. The molecule has 3 N–H and O–H groups in total. The highest BCUT2D eigenvalue weighted by Crippen LogP contribution is 2.26. The van der Waals surface area contributed by atoms with Crippen LogP contribution in [0.15, 0.2) is 18.2 Å². The van der Waals surface area contributed by atoms with Gasteiger partial charge in [-0.15, -0.1) is 0 Å². The van der Waals surface area contributed by atoms with E-state index < -0.39 is 6.04 Å². The number of hydrogen-bond acceptors (Lipinski definition) is 3. The van der Waals surface area contributed by atoms with Gasteiger partial charge in [0.2, 0.25) is 5.91 Å². The van der Waals surface area contributed by atoms with Crippen molar-refractivity contribution in [1.82, 2.24) is 4.90 Å². The number of carbonyl (C=O) groups is 2. The lowest BCUT2D eigenvalue weighted by atomic mass is 9.99. The van der Waals surface area contributed by atoms with Crippen molar-refractivity contribution in [2.45, 2.75) is 58.5 Å². The Morgan fingerprint density at radius 2 is 2.12 bits per heavy atom. The first-order valence-corrected chi connectivity index (χ1v) is 9.39. The standard InChI is InChI=1S/C19H28ClN3O2/c1-4-12(2)17(21)18(24)22-14-8-9-15(16(20)11-14)19(25)23-10-6-5-7-13(23)3/h8-9,11-13,17H,4-7,10,21H2,1-3H3,(H,22,24). The number of amides is 2. The smallest absolute Gasteiger partial charge is 0.255 e. The number of likely N-dealkylation sites (tertiary alicyclic amines) is 1. The first kappa shape index (κ1) is 19.7. The van der Waals surface area contributed by atoms with Crippen LogP contribution in [0.25, 0.3) is 0 Å². The summed E-state index contributed by atoms with van der Waals surface area (Å²) in [4.78, 5) is 26.8. The molecule has 0 spiro atoms. The van der Waals surface area contributed by atoms with E-state index >= 15 is 0 Å². The number of anilines is 1. The lowest BCUT2D eigenvalue weighted by Crippen LogP contribution is -2.42. The summed E-state index contributed by atoms with van der Waals surface area (Å²) in [5.74, 6) is -0.197. The average molecular weight is 366 g/mol. The van der Waals surface area contributed by atoms with E-state index in [4.69, 9.17) is 17.3 Å². The van der Waals surface area contributed by atoms with Crippen molar-refractivity contribution >= 4 is 29.1 Å². The molecule has 0 bridgehead atoms. The van der Waals surface area contributed by atoms with Gasteiger partial charge in [0.15, 0.2) is 0 Å². The second kappa shape index (κ2) is 8.68. The number of nitrogens with two attached hydrogens (primary N) is 1. The molecule has 0 aliphatic carbocycles. The molecule has 138 valence electrons. The van der Waals surface area contributed by atoms with Crippen molar-refractivity contribution in [3.05, 3.63) is 28.8 Å². The van der Waals surface area contributed by atoms with E-state index in [1.165, 1.54) is 0 Å². The molecular weight excluding hydrogens is 338 g/mol. The molecular formula is C19H28ClN3O2. The number of carbonyl (C=O) groups excluding carboxylic acids is 2. The molecule has 1 aliphatic heterocycles. The van der Waals surface area contributed by atoms with E-state index in [9.17, 15) is 9.59 Å². The molecule has 1 heterocycles. The van der Waals surface area contributed by atoms with E-state index in [0.717, 1.165) is 32.2 Å². The van der Waals surface area contributed by atoms with Crippen LogP contribution in [0.1, 0.15) is 56.8 Å². The maximum absolute atomic E-state index is 12.7. The minimum absolute atomic E-state index is 0.0496. The topological polar surface area (TPSA) is 75.4 Å². The first-order chi connectivity index (χ1) is 11.8. The molecule has 3 unspecified atom stereocenters. The molecule has 1 fully saturated rings. The summed E-state index contributed by atoms with van der Waals surface area (Å²) in [6.07, 6.45) is 4.03. The van der Waals surface area contributed by atoms with Crippen LogP contribution < -0.4 is 11.1 Å². The second-order valence-electron chi connectivity index (χ2n) is 6.94. The van der Waals surface area contributed by atoms with Crippen molar-refractivity contribution in [2.75, 3.05) is 11.9 Å². The van der Waals surface area contributed by atoms with Crippen LogP contribution in [0.3, 0.4) is 0 Å². The summed E-state index contributed by atoms with van der Waals surface area (Å²) in [6, 6.07) is 4.65. The molecule has 2 amide bonds. The maximum atomic E-state index is 12.7. The van der Waals surface area contributed by atoms with E-state index in [-0.39, 0.29) is 23.8 Å². The van der Waals surface area contributed by atoms with Gasteiger partial charge >= 0.3 is 0 Å². The van der Waals surface area contributed by atoms with Gasteiger partial charge in [0.25, 0.3) is 5.91 Å². The summed E-state index contributed by atoms with van der Waals surface area (Å²) in [5.41, 5.74) is 6.97. The summed E-state index contributed by atoms with van der Waals surface area (Å²) in [5, 5.41) is 3.12. The lowest BCUT2D eigenvalue weighted by molar-refractivity contribution is -0.118. The number of rotatable bonds is 5. The van der Waals surface area contributed by atoms with E-state index in [2.05, 4.69) is 12.2 Å². The molecule has 1 aromatic carbocycles.